The third kappa shape index (κ3) is 12.2. The molecule has 0 rings (SSSR count). The van der Waals surface area contributed by atoms with Gasteiger partial charge in [-0.25, -0.2) is 19.2 Å². The summed E-state index contributed by atoms with van der Waals surface area (Å²) in [6, 6.07) is 0. The van der Waals surface area contributed by atoms with Gasteiger partial charge in [-0.3, -0.25) is 0 Å². The molecular formula is C20H32O12. The lowest BCUT2D eigenvalue weighted by atomic mass is 10.2. The van der Waals surface area contributed by atoms with E-state index in [4.69, 9.17) is 19.7 Å². The zero-order valence-electron chi connectivity index (χ0n) is 19.1. The molecule has 0 saturated heterocycles. The highest BCUT2D eigenvalue weighted by Crippen LogP contribution is 2.11. The maximum atomic E-state index is 11.7. The van der Waals surface area contributed by atoms with Crippen LogP contribution >= 0.6 is 0 Å². The number of carbonyl (C=O) groups excluding carboxylic acids is 4. The Kier molecular flexibility index (Phi) is 16.5. The van der Waals surface area contributed by atoms with Gasteiger partial charge in [0, 0.05) is 0 Å². The predicted octanol–water partition coefficient (Wildman–Crippen LogP) is -0.691. The molecule has 184 valence electrons. The number of hydrogen-bond acceptors (Lipinski definition) is 12. The maximum Gasteiger partial charge on any atom is 0.338 e. The van der Waals surface area contributed by atoms with Gasteiger partial charge in [0.15, 0.2) is 24.4 Å². The highest BCUT2D eigenvalue weighted by Gasteiger charge is 2.37. The fraction of sp³-hybridized carbons (Fsp3) is 0.600. The van der Waals surface area contributed by atoms with E-state index in [0.29, 0.717) is 11.1 Å². The first kappa shape index (κ1) is 31.4. The summed E-state index contributed by atoms with van der Waals surface area (Å²) in [5.41, 5.74) is 1.39. The van der Waals surface area contributed by atoms with Gasteiger partial charge in [0.2, 0.25) is 0 Å². The lowest BCUT2D eigenvalue weighted by molar-refractivity contribution is -0.178. The molecule has 0 saturated carbocycles. The minimum Gasteiger partial charge on any atom is -0.467 e. The first-order valence-corrected chi connectivity index (χ1v) is 9.07. The van der Waals surface area contributed by atoms with Gasteiger partial charge < -0.3 is 38.6 Å². The van der Waals surface area contributed by atoms with E-state index < -0.39 is 48.3 Å². The van der Waals surface area contributed by atoms with Crippen LogP contribution in [0.4, 0.5) is 0 Å². The number of methoxy groups -OCH3 is 4. The van der Waals surface area contributed by atoms with Crippen LogP contribution in [0.1, 0.15) is 13.8 Å². The Morgan fingerprint density at radius 1 is 0.625 bits per heavy atom. The second-order valence-electron chi connectivity index (χ2n) is 6.36. The minimum absolute atomic E-state index is 0.101. The third-order valence-corrected chi connectivity index (χ3v) is 3.34. The molecule has 32 heavy (non-hydrogen) atoms. The monoisotopic (exact) mass is 464 g/mol. The number of aliphatic hydroxyl groups excluding tert-OH is 2. The van der Waals surface area contributed by atoms with Crippen molar-refractivity contribution in [1.82, 2.24) is 0 Å². The van der Waals surface area contributed by atoms with Crippen molar-refractivity contribution < 1.29 is 57.8 Å². The quantitative estimate of drug-likeness (QED) is 0.212. The molecule has 0 aliphatic heterocycles. The van der Waals surface area contributed by atoms with Crippen molar-refractivity contribution in [2.75, 3.05) is 41.7 Å². The highest BCUT2D eigenvalue weighted by molar-refractivity contribution is 5.86. The zero-order valence-corrected chi connectivity index (χ0v) is 19.1. The van der Waals surface area contributed by atoms with Crippen LogP contribution in [0.25, 0.3) is 0 Å². The number of rotatable bonds is 12. The average Bonchev–Trinajstić information content (AvgIpc) is 2.77. The topological polar surface area (TPSA) is 164 Å². The summed E-state index contributed by atoms with van der Waals surface area (Å²) < 4.78 is 28.1. The first-order valence-electron chi connectivity index (χ1n) is 9.07. The van der Waals surface area contributed by atoms with Gasteiger partial charge in [-0.05, 0) is 13.8 Å². The summed E-state index contributed by atoms with van der Waals surface area (Å²) in [7, 11) is 4.45. The van der Waals surface area contributed by atoms with E-state index in [-0.39, 0.29) is 13.2 Å². The van der Waals surface area contributed by atoms with E-state index in [1.54, 1.807) is 13.8 Å². The summed E-state index contributed by atoms with van der Waals surface area (Å²) >= 11 is 0. The van der Waals surface area contributed by atoms with Gasteiger partial charge in [0.25, 0.3) is 0 Å². The van der Waals surface area contributed by atoms with Crippen molar-refractivity contribution in [3.63, 3.8) is 0 Å². The van der Waals surface area contributed by atoms with Crippen molar-refractivity contribution in [1.29, 1.82) is 0 Å². The highest BCUT2D eigenvalue weighted by atomic mass is 16.6. The maximum absolute atomic E-state index is 11.7. The first-order chi connectivity index (χ1) is 14.9. The SMILES string of the molecule is C=C(C)CO[C@@H](C(=O)OC)[C@@H](OCC(=C)C)C(=O)OC.COC(=O)[C@H](O)[C@@H](O)C(=O)OC. The van der Waals surface area contributed by atoms with Crippen molar-refractivity contribution in [3.8, 4) is 0 Å². The van der Waals surface area contributed by atoms with Crippen LogP contribution in [0.3, 0.4) is 0 Å². The molecule has 0 aromatic carbocycles. The van der Waals surface area contributed by atoms with E-state index in [1.807, 2.05) is 0 Å². The molecule has 0 aromatic rings. The molecule has 0 unspecified atom stereocenters. The van der Waals surface area contributed by atoms with E-state index in [1.165, 1.54) is 14.2 Å². The summed E-state index contributed by atoms with van der Waals surface area (Å²) in [4.78, 5) is 44.6. The Bertz CT molecular complexity index is 601. The van der Waals surface area contributed by atoms with Crippen LogP contribution in [-0.2, 0) is 47.6 Å². The molecule has 12 heteroatoms. The summed E-state index contributed by atoms with van der Waals surface area (Å²) in [6.07, 6.45) is -6.24. The summed E-state index contributed by atoms with van der Waals surface area (Å²) in [5, 5.41) is 17.7. The van der Waals surface area contributed by atoms with Gasteiger partial charge in [0.05, 0.1) is 41.7 Å². The second kappa shape index (κ2) is 16.8. The molecule has 12 nitrogen and oxygen atoms in total. The van der Waals surface area contributed by atoms with Crippen LogP contribution in [0.15, 0.2) is 24.3 Å². The largest absolute Gasteiger partial charge is 0.467 e. The number of aliphatic hydroxyl groups is 2. The molecule has 0 aromatic heterocycles. The van der Waals surface area contributed by atoms with Crippen LogP contribution < -0.4 is 0 Å². The van der Waals surface area contributed by atoms with Crippen LogP contribution in [-0.4, -0.2) is 100 Å². The van der Waals surface area contributed by atoms with Gasteiger partial charge in [0.1, 0.15) is 0 Å². The summed E-state index contributed by atoms with van der Waals surface area (Å²) in [5.74, 6) is -3.62. The molecule has 0 fully saturated rings. The van der Waals surface area contributed by atoms with Crippen LogP contribution in [0, 0.1) is 0 Å². The number of ether oxygens (including phenoxy) is 6. The molecule has 4 atom stereocenters. The van der Waals surface area contributed by atoms with E-state index in [0.717, 1.165) is 14.2 Å². The Balaban J connectivity index is 0. The fourth-order valence-corrected chi connectivity index (χ4v) is 1.75. The van der Waals surface area contributed by atoms with E-state index >= 15 is 0 Å². The molecule has 0 aliphatic rings. The predicted molar refractivity (Wildman–Crippen MR) is 109 cm³/mol. The molecule has 0 radical (unpaired) electrons. The lowest BCUT2D eigenvalue weighted by Gasteiger charge is -2.23. The molecule has 0 spiro atoms. The van der Waals surface area contributed by atoms with E-state index in [9.17, 15) is 19.2 Å². The van der Waals surface area contributed by atoms with Gasteiger partial charge in [-0.2, -0.15) is 0 Å². The Morgan fingerprint density at radius 3 is 1.06 bits per heavy atom. The number of carbonyl (C=O) groups is 4. The van der Waals surface area contributed by atoms with Crippen LogP contribution in [0.5, 0.6) is 0 Å². The van der Waals surface area contributed by atoms with Crippen molar-refractivity contribution in [2.45, 2.75) is 38.3 Å². The van der Waals surface area contributed by atoms with Gasteiger partial charge >= 0.3 is 23.9 Å². The minimum atomic E-state index is -1.90. The van der Waals surface area contributed by atoms with Crippen molar-refractivity contribution in [3.05, 3.63) is 24.3 Å². The lowest BCUT2D eigenvalue weighted by Crippen LogP contribution is -2.45. The second-order valence-corrected chi connectivity index (χ2v) is 6.36. The van der Waals surface area contributed by atoms with Crippen molar-refractivity contribution in [2.24, 2.45) is 0 Å². The standard InChI is InChI=1S/C14H22O6.C6H10O6/c1-9(2)7-19-11(13(15)17-5)12(14(16)18-6)20-8-10(3)4;1-11-5(9)3(7)4(8)6(10)12-2/h11-12H,1,3,7-8H2,2,4-6H3;3-4,7-8H,1-2H3/t11-,12-;3-,4-/m11/s1. The van der Waals surface area contributed by atoms with E-state index in [2.05, 4.69) is 32.1 Å². The number of esters is 4. The molecule has 2 N–H and O–H groups in total. The average molecular weight is 464 g/mol. The molecule has 0 bridgehead atoms. The van der Waals surface area contributed by atoms with Crippen molar-refractivity contribution >= 4 is 23.9 Å². The smallest absolute Gasteiger partial charge is 0.338 e. The van der Waals surface area contributed by atoms with Crippen LogP contribution in [0.2, 0.25) is 0 Å². The molecule has 0 heterocycles. The van der Waals surface area contributed by atoms with Gasteiger partial charge in [-0.1, -0.05) is 24.3 Å². The van der Waals surface area contributed by atoms with Gasteiger partial charge in [-0.15, -0.1) is 0 Å². The molecular weight excluding hydrogens is 432 g/mol. The number of hydrogen-bond donors (Lipinski definition) is 2. The molecule has 0 aliphatic carbocycles. The Morgan fingerprint density at radius 2 is 0.875 bits per heavy atom. The fourth-order valence-electron chi connectivity index (χ4n) is 1.75. The molecule has 0 amide bonds. The Hall–Kier alpha value is -2.80. The Labute approximate surface area is 186 Å². The normalized spacial score (nSPS) is 13.8. The third-order valence-electron chi connectivity index (χ3n) is 3.34. The zero-order chi connectivity index (χ0) is 25.4. The summed E-state index contributed by atoms with van der Waals surface area (Å²) in [6.45, 7) is 11.0.